The molecule has 1 aliphatic heterocycles. The van der Waals surface area contributed by atoms with E-state index in [1.54, 1.807) is 0 Å². The molecule has 0 radical (unpaired) electrons. The van der Waals surface area contributed by atoms with Crippen molar-refractivity contribution in [2.24, 2.45) is 0 Å². The molecular formula is C14H22N2. The zero-order chi connectivity index (χ0) is 11.4. The van der Waals surface area contributed by atoms with Crippen molar-refractivity contribution in [3.8, 4) is 0 Å². The zero-order valence-corrected chi connectivity index (χ0v) is 10.3. The molecule has 0 spiro atoms. The fourth-order valence-corrected chi connectivity index (χ4v) is 2.90. The van der Waals surface area contributed by atoms with Gasteiger partial charge in [-0.25, -0.2) is 0 Å². The Morgan fingerprint density at radius 3 is 2.62 bits per heavy atom. The Morgan fingerprint density at radius 1 is 1.25 bits per heavy atom. The highest BCUT2D eigenvalue weighted by molar-refractivity contribution is 5.20. The lowest BCUT2D eigenvalue weighted by molar-refractivity contribution is 0.202. The maximum absolute atomic E-state index is 3.30. The van der Waals surface area contributed by atoms with E-state index in [2.05, 4.69) is 47.5 Å². The molecule has 0 bridgehead atoms. The second kappa shape index (κ2) is 5.46. The molecule has 1 N–H and O–H groups in total. The van der Waals surface area contributed by atoms with Gasteiger partial charge in [0.05, 0.1) is 0 Å². The van der Waals surface area contributed by atoms with Crippen molar-refractivity contribution < 1.29 is 0 Å². The topological polar surface area (TPSA) is 15.3 Å². The summed E-state index contributed by atoms with van der Waals surface area (Å²) in [7, 11) is 2.05. The van der Waals surface area contributed by atoms with Crippen LogP contribution in [-0.2, 0) is 0 Å². The Labute approximate surface area is 98.7 Å². The van der Waals surface area contributed by atoms with Gasteiger partial charge >= 0.3 is 0 Å². The molecule has 1 aromatic rings. The van der Waals surface area contributed by atoms with Gasteiger partial charge in [-0.3, -0.25) is 4.90 Å². The predicted molar refractivity (Wildman–Crippen MR) is 68.5 cm³/mol. The number of nitrogens with zero attached hydrogens (tertiary/aromatic N) is 1. The fraction of sp³-hybridized carbons (Fsp3) is 0.571. The molecule has 0 saturated carbocycles. The average Bonchev–Trinajstić information content (AvgIpc) is 2.73. The predicted octanol–water partition coefficient (Wildman–Crippen LogP) is 2.43. The highest BCUT2D eigenvalue weighted by Gasteiger charge is 2.32. The van der Waals surface area contributed by atoms with E-state index in [1.807, 2.05) is 7.05 Å². The standard InChI is InChI=1S/C14H22N2/c1-3-16-13(11-15-2)9-10-14(16)12-7-5-4-6-8-12/h4-8,13-15H,3,9-11H2,1-2H3/t13-,14+/m0/s1. The largest absolute Gasteiger partial charge is 0.318 e. The SMILES string of the molecule is CCN1[C@H](CNC)CC[C@@H]1c1ccccc1. The monoisotopic (exact) mass is 218 g/mol. The first-order valence-electron chi connectivity index (χ1n) is 6.32. The summed E-state index contributed by atoms with van der Waals surface area (Å²) in [6, 6.07) is 12.2. The van der Waals surface area contributed by atoms with E-state index in [4.69, 9.17) is 0 Å². The first kappa shape index (κ1) is 11.6. The van der Waals surface area contributed by atoms with E-state index < -0.39 is 0 Å². The molecule has 88 valence electrons. The van der Waals surface area contributed by atoms with Gasteiger partial charge in [-0.05, 0) is 32.0 Å². The van der Waals surface area contributed by atoms with Crippen molar-refractivity contribution >= 4 is 0 Å². The van der Waals surface area contributed by atoms with Crippen LogP contribution < -0.4 is 5.32 Å². The minimum absolute atomic E-state index is 0.629. The lowest BCUT2D eigenvalue weighted by Crippen LogP contribution is -2.37. The zero-order valence-electron chi connectivity index (χ0n) is 10.3. The average molecular weight is 218 g/mol. The Balaban J connectivity index is 2.11. The lowest BCUT2D eigenvalue weighted by atomic mass is 10.0. The third kappa shape index (κ3) is 2.28. The Bertz CT molecular complexity index is 310. The number of hydrogen-bond acceptors (Lipinski definition) is 2. The number of likely N-dealkylation sites (tertiary alicyclic amines) is 1. The molecule has 0 aliphatic carbocycles. The summed E-state index contributed by atoms with van der Waals surface area (Å²) in [6.45, 7) is 4.52. The van der Waals surface area contributed by atoms with E-state index >= 15 is 0 Å². The third-order valence-electron chi connectivity index (χ3n) is 3.63. The minimum Gasteiger partial charge on any atom is -0.318 e. The van der Waals surface area contributed by atoms with Gasteiger partial charge in [0.2, 0.25) is 0 Å². The molecular weight excluding hydrogens is 196 g/mol. The van der Waals surface area contributed by atoms with Gasteiger partial charge in [0.25, 0.3) is 0 Å². The molecule has 2 atom stereocenters. The minimum atomic E-state index is 0.629. The summed E-state index contributed by atoms with van der Waals surface area (Å²) in [5, 5.41) is 3.30. The van der Waals surface area contributed by atoms with Gasteiger partial charge in [-0.15, -0.1) is 0 Å². The molecule has 0 aromatic heterocycles. The molecule has 1 aliphatic rings. The van der Waals surface area contributed by atoms with Crippen molar-refractivity contribution in [1.29, 1.82) is 0 Å². The smallest absolute Gasteiger partial charge is 0.0352 e. The maximum atomic E-state index is 3.30. The van der Waals surface area contributed by atoms with E-state index in [0.29, 0.717) is 12.1 Å². The van der Waals surface area contributed by atoms with Crippen LogP contribution in [0.1, 0.15) is 31.4 Å². The normalized spacial score (nSPS) is 26.1. The van der Waals surface area contributed by atoms with Gasteiger partial charge in [-0.1, -0.05) is 37.3 Å². The van der Waals surface area contributed by atoms with Gasteiger partial charge in [0, 0.05) is 18.6 Å². The van der Waals surface area contributed by atoms with Crippen LogP contribution in [0.5, 0.6) is 0 Å². The molecule has 0 amide bonds. The van der Waals surface area contributed by atoms with Crippen LogP contribution in [0.3, 0.4) is 0 Å². The molecule has 1 aromatic carbocycles. The Morgan fingerprint density at radius 2 is 2.00 bits per heavy atom. The number of rotatable bonds is 4. The highest BCUT2D eigenvalue weighted by Crippen LogP contribution is 2.35. The van der Waals surface area contributed by atoms with Crippen LogP contribution in [0.25, 0.3) is 0 Å². The first-order chi connectivity index (χ1) is 7.86. The van der Waals surface area contributed by atoms with Crippen molar-refractivity contribution in [1.82, 2.24) is 10.2 Å². The summed E-state index contributed by atoms with van der Waals surface area (Å²) in [5.74, 6) is 0. The molecule has 1 fully saturated rings. The fourth-order valence-electron chi connectivity index (χ4n) is 2.90. The quantitative estimate of drug-likeness (QED) is 0.835. The van der Waals surface area contributed by atoms with Crippen LogP contribution in [-0.4, -0.2) is 31.1 Å². The number of likely N-dealkylation sites (N-methyl/N-ethyl adjacent to an activating group) is 2. The van der Waals surface area contributed by atoms with E-state index in [0.717, 1.165) is 13.1 Å². The number of nitrogens with one attached hydrogen (secondary N) is 1. The summed E-state index contributed by atoms with van der Waals surface area (Å²) in [4.78, 5) is 2.63. The van der Waals surface area contributed by atoms with Crippen LogP contribution in [0, 0.1) is 0 Å². The summed E-state index contributed by atoms with van der Waals surface area (Å²) in [6.07, 6.45) is 2.61. The highest BCUT2D eigenvalue weighted by atomic mass is 15.2. The van der Waals surface area contributed by atoms with Crippen LogP contribution in [0.15, 0.2) is 30.3 Å². The number of hydrogen-bond donors (Lipinski definition) is 1. The van der Waals surface area contributed by atoms with E-state index in [-0.39, 0.29) is 0 Å². The maximum Gasteiger partial charge on any atom is 0.0352 e. The lowest BCUT2D eigenvalue weighted by Gasteiger charge is -2.29. The molecule has 16 heavy (non-hydrogen) atoms. The molecule has 1 saturated heterocycles. The van der Waals surface area contributed by atoms with E-state index in [9.17, 15) is 0 Å². The molecule has 2 heteroatoms. The Kier molecular flexibility index (Phi) is 3.97. The van der Waals surface area contributed by atoms with Crippen molar-refractivity contribution in [2.75, 3.05) is 20.1 Å². The number of benzene rings is 1. The second-order valence-electron chi connectivity index (χ2n) is 4.55. The molecule has 0 unspecified atom stereocenters. The third-order valence-corrected chi connectivity index (χ3v) is 3.63. The first-order valence-corrected chi connectivity index (χ1v) is 6.32. The van der Waals surface area contributed by atoms with Crippen molar-refractivity contribution in [2.45, 2.75) is 31.8 Å². The molecule has 2 nitrogen and oxygen atoms in total. The van der Waals surface area contributed by atoms with Crippen LogP contribution in [0.2, 0.25) is 0 Å². The van der Waals surface area contributed by atoms with Crippen molar-refractivity contribution in [3.05, 3.63) is 35.9 Å². The summed E-state index contributed by atoms with van der Waals surface area (Å²) < 4.78 is 0. The van der Waals surface area contributed by atoms with Gasteiger partial charge in [-0.2, -0.15) is 0 Å². The van der Waals surface area contributed by atoms with E-state index in [1.165, 1.54) is 18.4 Å². The second-order valence-corrected chi connectivity index (χ2v) is 4.55. The van der Waals surface area contributed by atoms with Crippen molar-refractivity contribution in [3.63, 3.8) is 0 Å². The van der Waals surface area contributed by atoms with Crippen LogP contribution >= 0.6 is 0 Å². The Hall–Kier alpha value is -0.860. The van der Waals surface area contributed by atoms with Gasteiger partial charge < -0.3 is 5.32 Å². The summed E-state index contributed by atoms with van der Waals surface area (Å²) in [5.41, 5.74) is 1.47. The summed E-state index contributed by atoms with van der Waals surface area (Å²) >= 11 is 0. The van der Waals surface area contributed by atoms with Gasteiger partial charge in [0.1, 0.15) is 0 Å². The molecule has 1 heterocycles. The van der Waals surface area contributed by atoms with Gasteiger partial charge in [0.15, 0.2) is 0 Å². The van der Waals surface area contributed by atoms with Crippen LogP contribution in [0.4, 0.5) is 0 Å². The molecule has 2 rings (SSSR count).